The van der Waals surface area contributed by atoms with Crippen molar-refractivity contribution in [2.45, 2.75) is 144 Å². The van der Waals surface area contributed by atoms with Crippen molar-refractivity contribution in [2.24, 2.45) is 17.8 Å². The lowest BCUT2D eigenvalue weighted by atomic mass is 9.83. The number of hydrogen-bond donors (Lipinski definition) is 3. The molecule has 1 heterocycles. The lowest BCUT2D eigenvalue weighted by Gasteiger charge is -2.28. The minimum Gasteiger partial charge on any atom is -0.444 e. The molecule has 1 saturated heterocycles. The van der Waals surface area contributed by atoms with E-state index >= 15 is 0 Å². The Balaban J connectivity index is 1.73. The van der Waals surface area contributed by atoms with Crippen LogP contribution in [0.3, 0.4) is 0 Å². The fourth-order valence-corrected chi connectivity index (χ4v) is 7.26. The highest BCUT2D eigenvalue weighted by Crippen LogP contribution is 2.28. The number of amides is 4. The van der Waals surface area contributed by atoms with Crippen molar-refractivity contribution in [1.82, 2.24) is 20.9 Å². The quantitative estimate of drug-likeness (QED) is 0.0830. The van der Waals surface area contributed by atoms with Crippen LogP contribution < -0.4 is 16.0 Å². The molecule has 1 aromatic carbocycles. The third-order valence-electron chi connectivity index (χ3n) is 10.3. The van der Waals surface area contributed by atoms with E-state index in [4.69, 9.17) is 4.74 Å². The summed E-state index contributed by atoms with van der Waals surface area (Å²) in [6.07, 6.45) is 7.60. The molecule has 0 saturated carbocycles. The van der Waals surface area contributed by atoms with Crippen LogP contribution in [0.4, 0.5) is 4.79 Å². The van der Waals surface area contributed by atoms with Gasteiger partial charge in [0, 0.05) is 41.4 Å². The molecule has 3 rings (SSSR count). The van der Waals surface area contributed by atoms with E-state index in [9.17, 15) is 28.8 Å². The lowest BCUT2D eigenvalue weighted by Crippen LogP contribution is -2.50. The molecule has 11 heteroatoms. The number of allylic oxidation sites excluding steroid dienone is 4. The van der Waals surface area contributed by atoms with Crippen LogP contribution >= 0.6 is 0 Å². The standard InChI is InChI=1S/C45H66N4O7/c1-28(2)25-36(48-44(55)56-45(8,9)10)23-22-34(26-33-17-12-11-13-18-33)43(54)49-24-16-21-38(49)42(53)46-27-35(41(52)47-29(3)4)19-14-15-20-37-32(7)39(50)30(5)31(6)40(37)51/h11-13,17-18,22-23,28-29,34-36,38H,14-16,19-21,24-27H2,1-10H3,(H,46,53)(H,47,52)(H,48,55)/b23-22+/t34-,35?,36-,38+/m1/s1. The predicted molar refractivity (Wildman–Crippen MR) is 219 cm³/mol. The maximum atomic E-state index is 14.4. The summed E-state index contributed by atoms with van der Waals surface area (Å²) in [6.45, 7) is 18.9. The van der Waals surface area contributed by atoms with Gasteiger partial charge in [-0.25, -0.2) is 4.79 Å². The number of carbonyl (C=O) groups excluding carboxylic acids is 6. The van der Waals surface area contributed by atoms with Crippen LogP contribution in [0.5, 0.6) is 0 Å². The zero-order valence-electron chi connectivity index (χ0n) is 35.4. The molecule has 1 aliphatic heterocycles. The van der Waals surface area contributed by atoms with E-state index in [1.165, 1.54) is 0 Å². The van der Waals surface area contributed by atoms with E-state index in [-0.39, 0.29) is 53.8 Å². The Kier molecular flexibility index (Phi) is 17.3. The van der Waals surface area contributed by atoms with Gasteiger partial charge in [0.05, 0.1) is 17.9 Å². The number of ketones is 2. The fraction of sp³-hybridized carbons (Fsp3) is 0.600. The van der Waals surface area contributed by atoms with Gasteiger partial charge in [0.15, 0.2) is 11.6 Å². The first-order valence-corrected chi connectivity index (χ1v) is 20.4. The summed E-state index contributed by atoms with van der Waals surface area (Å²) in [4.78, 5) is 81.4. The third kappa shape index (κ3) is 13.9. The molecule has 0 aromatic heterocycles. The Labute approximate surface area is 334 Å². The highest BCUT2D eigenvalue weighted by atomic mass is 16.6. The van der Waals surface area contributed by atoms with Crippen molar-refractivity contribution < 1.29 is 33.5 Å². The van der Waals surface area contributed by atoms with Gasteiger partial charge in [-0.2, -0.15) is 0 Å². The summed E-state index contributed by atoms with van der Waals surface area (Å²) in [5, 5.41) is 8.92. The molecule has 1 unspecified atom stereocenters. The summed E-state index contributed by atoms with van der Waals surface area (Å²) in [5.41, 5.74) is 2.33. The molecular formula is C45H66N4O7. The van der Waals surface area contributed by atoms with E-state index < -0.39 is 29.6 Å². The van der Waals surface area contributed by atoms with Crippen LogP contribution in [0.1, 0.15) is 120 Å². The van der Waals surface area contributed by atoms with E-state index in [0.717, 1.165) is 5.56 Å². The van der Waals surface area contributed by atoms with Gasteiger partial charge in [0.2, 0.25) is 17.7 Å². The van der Waals surface area contributed by atoms with Gasteiger partial charge in [0.1, 0.15) is 11.6 Å². The molecular weight excluding hydrogens is 709 g/mol. The number of benzene rings is 1. The number of nitrogens with zero attached hydrogens (tertiary/aromatic N) is 1. The Hall–Kier alpha value is -4.54. The number of ether oxygens (including phenoxy) is 1. The van der Waals surface area contributed by atoms with Gasteiger partial charge in [-0.3, -0.25) is 24.0 Å². The second kappa shape index (κ2) is 21.1. The summed E-state index contributed by atoms with van der Waals surface area (Å²) < 4.78 is 5.51. The van der Waals surface area contributed by atoms with Crippen molar-refractivity contribution in [3.8, 4) is 0 Å². The number of hydrogen-bond acceptors (Lipinski definition) is 7. The van der Waals surface area contributed by atoms with Crippen LogP contribution in [0.25, 0.3) is 0 Å². The monoisotopic (exact) mass is 774 g/mol. The average molecular weight is 775 g/mol. The lowest BCUT2D eigenvalue weighted by molar-refractivity contribution is -0.140. The second-order valence-electron chi connectivity index (χ2n) is 17.1. The van der Waals surface area contributed by atoms with E-state index in [0.29, 0.717) is 80.2 Å². The Morgan fingerprint density at radius 3 is 2.18 bits per heavy atom. The van der Waals surface area contributed by atoms with Crippen molar-refractivity contribution in [3.05, 3.63) is 70.3 Å². The van der Waals surface area contributed by atoms with Crippen LogP contribution in [-0.4, -0.2) is 77.1 Å². The number of Topliss-reactive ketones (excluding diaryl/α,β-unsaturated/α-hetero) is 2. The van der Waals surface area contributed by atoms with Gasteiger partial charge < -0.3 is 25.6 Å². The van der Waals surface area contributed by atoms with Crippen molar-refractivity contribution >= 4 is 35.4 Å². The molecule has 0 spiro atoms. The zero-order valence-corrected chi connectivity index (χ0v) is 35.4. The topological polar surface area (TPSA) is 151 Å². The molecule has 56 heavy (non-hydrogen) atoms. The maximum absolute atomic E-state index is 14.4. The number of likely N-dealkylation sites (tertiary alicyclic amines) is 1. The minimum atomic E-state index is -0.682. The fourth-order valence-electron chi connectivity index (χ4n) is 7.26. The van der Waals surface area contributed by atoms with Gasteiger partial charge in [-0.15, -0.1) is 0 Å². The number of rotatable bonds is 18. The second-order valence-corrected chi connectivity index (χ2v) is 17.1. The van der Waals surface area contributed by atoms with Crippen LogP contribution in [0.15, 0.2) is 64.8 Å². The maximum Gasteiger partial charge on any atom is 0.408 e. The van der Waals surface area contributed by atoms with Gasteiger partial charge >= 0.3 is 6.09 Å². The first-order chi connectivity index (χ1) is 26.3. The Morgan fingerprint density at radius 1 is 0.893 bits per heavy atom. The van der Waals surface area contributed by atoms with Crippen molar-refractivity contribution in [1.29, 1.82) is 0 Å². The third-order valence-corrected chi connectivity index (χ3v) is 10.3. The summed E-state index contributed by atoms with van der Waals surface area (Å²) in [7, 11) is 0. The van der Waals surface area contributed by atoms with Gasteiger partial charge in [0.25, 0.3) is 0 Å². The highest BCUT2D eigenvalue weighted by molar-refractivity contribution is 6.24. The molecule has 0 radical (unpaired) electrons. The molecule has 4 atom stereocenters. The number of unbranched alkanes of at least 4 members (excludes halogenated alkanes) is 1. The largest absolute Gasteiger partial charge is 0.444 e. The van der Waals surface area contributed by atoms with Crippen LogP contribution in [0, 0.1) is 17.8 Å². The van der Waals surface area contributed by atoms with E-state index in [1.807, 2.05) is 77.1 Å². The molecule has 3 N–H and O–H groups in total. The first kappa shape index (κ1) is 45.8. The van der Waals surface area contributed by atoms with Gasteiger partial charge in [-0.1, -0.05) is 62.8 Å². The van der Waals surface area contributed by atoms with Crippen molar-refractivity contribution in [3.63, 3.8) is 0 Å². The predicted octanol–water partition coefficient (Wildman–Crippen LogP) is 6.95. The zero-order chi connectivity index (χ0) is 41.7. The van der Waals surface area contributed by atoms with Crippen LogP contribution in [-0.2, 0) is 35.1 Å². The molecule has 0 bridgehead atoms. The molecule has 1 fully saturated rings. The molecule has 1 aromatic rings. The van der Waals surface area contributed by atoms with Gasteiger partial charge in [-0.05, 0) is 112 Å². The summed E-state index contributed by atoms with van der Waals surface area (Å²) in [6, 6.07) is 8.59. The first-order valence-electron chi connectivity index (χ1n) is 20.4. The number of carbonyl (C=O) groups is 6. The number of alkyl carbamates (subject to hydrolysis) is 1. The van der Waals surface area contributed by atoms with E-state index in [1.54, 1.807) is 25.7 Å². The molecule has 2 aliphatic rings. The minimum absolute atomic E-state index is 0.0885. The number of nitrogens with one attached hydrogen (secondary N) is 3. The summed E-state index contributed by atoms with van der Waals surface area (Å²) >= 11 is 0. The smallest absolute Gasteiger partial charge is 0.408 e. The van der Waals surface area contributed by atoms with Crippen molar-refractivity contribution in [2.75, 3.05) is 13.1 Å². The highest BCUT2D eigenvalue weighted by Gasteiger charge is 2.37. The molecule has 1 aliphatic carbocycles. The average Bonchev–Trinajstić information content (AvgIpc) is 3.61. The Morgan fingerprint density at radius 2 is 1.55 bits per heavy atom. The van der Waals surface area contributed by atoms with E-state index in [2.05, 4.69) is 29.8 Å². The SMILES string of the molecule is CC1=C(C)C(=O)C(CCCCC(CNC(=O)[C@@H]2CCCN2C(=O)[C@H](/C=C/[C@H](CC(C)C)NC(=O)OC(C)(C)C)Cc2ccccc2)C(=O)NC(C)C)=C(C)C1=O. The Bertz CT molecular complexity index is 1670. The molecule has 11 nitrogen and oxygen atoms in total. The normalized spacial score (nSPS) is 18.1. The van der Waals surface area contributed by atoms with Crippen LogP contribution in [0.2, 0.25) is 0 Å². The molecule has 308 valence electrons. The molecule has 4 amide bonds. The summed E-state index contributed by atoms with van der Waals surface area (Å²) in [5.74, 6) is -1.66.